The Hall–Kier alpha value is -2.24. The number of hydrogen-bond donors (Lipinski definition) is 2. The van der Waals surface area contributed by atoms with Gasteiger partial charge in [-0.1, -0.05) is 6.92 Å². The minimum atomic E-state index is 0.0387. The molecular weight excluding hydrogens is 302 g/mol. The fraction of sp³-hybridized carbons (Fsp3) is 0.556. The van der Waals surface area contributed by atoms with Gasteiger partial charge in [0.2, 0.25) is 0 Å². The lowest BCUT2D eigenvalue weighted by molar-refractivity contribution is 0.159. The largest absolute Gasteiger partial charge is 0.369 e. The van der Waals surface area contributed by atoms with E-state index in [2.05, 4.69) is 46.3 Å². The highest BCUT2D eigenvalue weighted by molar-refractivity contribution is 5.89. The minimum Gasteiger partial charge on any atom is -0.369 e. The lowest BCUT2D eigenvalue weighted by Crippen LogP contribution is -2.55. The number of anilines is 1. The maximum atomic E-state index is 12.4. The summed E-state index contributed by atoms with van der Waals surface area (Å²) in [6.45, 7) is 7.82. The number of amides is 2. The molecule has 2 amide bonds. The Balaban J connectivity index is 1.81. The third-order valence-electron chi connectivity index (χ3n) is 4.93. The fourth-order valence-electron chi connectivity index (χ4n) is 3.51. The van der Waals surface area contributed by atoms with Gasteiger partial charge in [-0.3, -0.25) is 0 Å². The van der Waals surface area contributed by atoms with Crippen molar-refractivity contribution in [2.24, 2.45) is 5.92 Å². The average Bonchev–Trinajstić information content (AvgIpc) is 3.02. The van der Waals surface area contributed by atoms with Crippen LogP contribution in [0.15, 0.2) is 24.5 Å². The summed E-state index contributed by atoms with van der Waals surface area (Å²) in [5, 5.41) is 4.13. The number of H-pyrrole nitrogens is 1. The molecule has 1 fully saturated rings. The first kappa shape index (κ1) is 16.6. The van der Waals surface area contributed by atoms with Crippen LogP contribution in [0.2, 0.25) is 0 Å². The van der Waals surface area contributed by atoms with E-state index >= 15 is 0 Å². The second kappa shape index (κ2) is 6.71. The normalized spacial score (nSPS) is 21.3. The minimum absolute atomic E-state index is 0.0387. The van der Waals surface area contributed by atoms with E-state index in [9.17, 15) is 4.79 Å². The predicted octanol–water partition coefficient (Wildman–Crippen LogP) is 2.83. The molecular formula is C18H27N5O. The molecule has 2 N–H and O–H groups in total. The van der Waals surface area contributed by atoms with Gasteiger partial charge in [0.25, 0.3) is 0 Å². The topological polar surface area (TPSA) is 64.3 Å². The van der Waals surface area contributed by atoms with Crippen LogP contribution >= 0.6 is 0 Å². The monoisotopic (exact) mass is 329 g/mol. The average molecular weight is 329 g/mol. The smallest absolute Gasteiger partial charge is 0.317 e. The van der Waals surface area contributed by atoms with Gasteiger partial charge in [0.15, 0.2) is 0 Å². The van der Waals surface area contributed by atoms with Gasteiger partial charge in [-0.25, -0.2) is 9.78 Å². The molecule has 2 aromatic rings. The third kappa shape index (κ3) is 3.18. The van der Waals surface area contributed by atoms with Crippen LogP contribution in [0.3, 0.4) is 0 Å². The Bertz CT molecular complexity index is 710. The Kier molecular flexibility index (Phi) is 4.64. The number of likely N-dealkylation sites (tertiary alicyclic amines) is 1. The van der Waals surface area contributed by atoms with Crippen LogP contribution in [-0.2, 0) is 0 Å². The molecule has 0 spiro atoms. The number of aromatic nitrogens is 2. The zero-order valence-electron chi connectivity index (χ0n) is 14.9. The van der Waals surface area contributed by atoms with Crippen molar-refractivity contribution in [3.8, 4) is 0 Å². The fourth-order valence-corrected chi connectivity index (χ4v) is 3.51. The number of fused-ring (bicyclic) bond motifs is 1. The van der Waals surface area contributed by atoms with Crippen molar-refractivity contribution in [1.82, 2.24) is 20.2 Å². The number of piperidine rings is 1. The summed E-state index contributed by atoms with van der Waals surface area (Å²) < 4.78 is 0. The van der Waals surface area contributed by atoms with Crippen molar-refractivity contribution < 1.29 is 4.79 Å². The van der Waals surface area contributed by atoms with E-state index in [4.69, 9.17) is 0 Å². The highest BCUT2D eigenvalue weighted by Crippen LogP contribution is 2.30. The zero-order chi connectivity index (χ0) is 17.3. The van der Waals surface area contributed by atoms with Gasteiger partial charge in [-0.15, -0.1) is 0 Å². The number of pyridine rings is 1. The van der Waals surface area contributed by atoms with Gasteiger partial charge < -0.3 is 20.1 Å². The van der Waals surface area contributed by atoms with Crippen LogP contribution in [0, 0.1) is 5.92 Å². The second-order valence-corrected chi connectivity index (χ2v) is 7.06. The SMILES string of the molecule is CC(C)NC(=O)N1CC[C@@H](C)[C@@H](N(C)c2ccnc3[nH]ccc23)C1. The van der Waals surface area contributed by atoms with E-state index in [0.717, 1.165) is 36.2 Å². The van der Waals surface area contributed by atoms with E-state index in [0.29, 0.717) is 5.92 Å². The molecule has 1 aliphatic heterocycles. The zero-order valence-corrected chi connectivity index (χ0v) is 14.9. The van der Waals surface area contributed by atoms with Crippen LogP contribution in [0.5, 0.6) is 0 Å². The maximum absolute atomic E-state index is 12.4. The third-order valence-corrected chi connectivity index (χ3v) is 4.93. The number of nitrogens with one attached hydrogen (secondary N) is 2. The van der Waals surface area contributed by atoms with Crippen LogP contribution in [-0.4, -0.2) is 53.1 Å². The number of urea groups is 1. The Labute approximate surface area is 143 Å². The summed E-state index contributed by atoms with van der Waals surface area (Å²) in [6.07, 6.45) is 4.77. The molecule has 0 saturated carbocycles. The lowest BCUT2D eigenvalue weighted by atomic mass is 9.92. The number of aromatic amines is 1. The van der Waals surface area contributed by atoms with Gasteiger partial charge in [-0.2, -0.15) is 0 Å². The molecule has 6 heteroatoms. The van der Waals surface area contributed by atoms with Crippen molar-refractivity contribution >= 4 is 22.8 Å². The van der Waals surface area contributed by atoms with Crippen LogP contribution in [0.25, 0.3) is 11.0 Å². The number of nitrogens with zero attached hydrogens (tertiary/aromatic N) is 3. The maximum Gasteiger partial charge on any atom is 0.317 e. The molecule has 1 aliphatic rings. The van der Waals surface area contributed by atoms with Crippen molar-refractivity contribution in [2.45, 2.75) is 39.3 Å². The Morgan fingerprint density at radius 1 is 1.46 bits per heavy atom. The Morgan fingerprint density at radius 3 is 3.00 bits per heavy atom. The van der Waals surface area contributed by atoms with Crippen molar-refractivity contribution in [3.63, 3.8) is 0 Å². The summed E-state index contributed by atoms with van der Waals surface area (Å²) in [4.78, 5) is 24.1. The number of rotatable bonds is 3. The van der Waals surface area contributed by atoms with Gasteiger partial charge in [-0.05, 0) is 38.3 Å². The van der Waals surface area contributed by atoms with Crippen molar-refractivity contribution in [2.75, 3.05) is 25.0 Å². The van der Waals surface area contributed by atoms with E-state index in [1.165, 1.54) is 0 Å². The molecule has 6 nitrogen and oxygen atoms in total. The quantitative estimate of drug-likeness (QED) is 0.910. The molecule has 0 radical (unpaired) electrons. The summed E-state index contributed by atoms with van der Waals surface area (Å²) >= 11 is 0. The van der Waals surface area contributed by atoms with Crippen LogP contribution in [0.4, 0.5) is 10.5 Å². The van der Waals surface area contributed by atoms with E-state index in [1.54, 1.807) is 0 Å². The number of hydrogen-bond acceptors (Lipinski definition) is 3. The molecule has 0 unspecified atom stereocenters. The van der Waals surface area contributed by atoms with Crippen LogP contribution < -0.4 is 10.2 Å². The van der Waals surface area contributed by atoms with Crippen LogP contribution in [0.1, 0.15) is 27.2 Å². The molecule has 1 saturated heterocycles. The number of likely N-dealkylation sites (N-methyl/N-ethyl adjacent to an activating group) is 1. The van der Waals surface area contributed by atoms with Gasteiger partial charge in [0, 0.05) is 55.7 Å². The first-order chi connectivity index (χ1) is 11.5. The molecule has 2 aromatic heterocycles. The first-order valence-corrected chi connectivity index (χ1v) is 8.67. The molecule has 3 rings (SSSR count). The highest BCUT2D eigenvalue weighted by atomic mass is 16.2. The second-order valence-electron chi connectivity index (χ2n) is 7.06. The number of carbonyl (C=O) groups is 1. The summed E-state index contributed by atoms with van der Waals surface area (Å²) in [5.74, 6) is 0.528. The molecule has 0 bridgehead atoms. The van der Waals surface area contributed by atoms with Gasteiger partial charge in [0.1, 0.15) is 5.65 Å². The summed E-state index contributed by atoms with van der Waals surface area (Å²) in [5.41, 5.74) is 2.06. The van der Waals surface area contributed by atoms with E-state index in [-0.39, 0.29) is 18.1 Å². The summed E-state index contributed by atoms with van der Waals surface area (Å²) in [6, 6.07) is 4.60. The lowest BCUT2D eigenvalue weighted by Gasteiger charge is -2.42. The molecule has 24 heavy (non-hydrogen) atoms. The first-order valence-electron chi connectivity index (χ1n) is 8.67. The molecule has 0 aromatic carbocycles. The standard InChI is InChI=1S/C18H27N5O/c1-12(2)21-18(24)23-10-7-13(3)16(11-23)22(4)15-6-9-20-17-14(15)5-8-19-17/h5-6,8-9,12-13,16H,7,10-11H2,1-4H3,(H,19,20)(H,21,24)/t13-,16+/m1/s1. The molecule has 2 atom stereocenters. The van der Waals surface area contributed by atoms with Crippen molar-refractivity contribution in [3.05, 3.63) is 24.5 Å². The molecule has 0 aliphatic carbocycles. The Morgan fingerprint density at radius 2 is 2.25 bits per heavy atom. The summed E-state index contributed by atoms with van der Waals surface area (Å²) in [7, 11) is 2.12. The molecule has 3 heterocycles. The molecule has 130 valence electrons. The van der Waals surface area contributed by atoms with E-state index < -0.39 is 0 Å². The van der Waals surface area contributed by atoms with E-state index in [1.807, 2.05) is 31.1 Å². The highest BCUT2D eigenvalue weighted by Gasteiger charge is 2.32. The van der Waals surface area contributed by atoms with Gasteiger partial charge in [0.05, 0.1) is 0 Å². The van der Waals surface area contributed by atoms with Crippen molar-refractivity contribution in [1.29, 1.82) is 0 Å². The predicted molar refractivity (Wildman–Crippen MR) is 97.3 cm³/mol. The van der Waals surface area contributed by atoms with Gasteiger partial charge >= 0.3 is 6.03 Å². The number of carbonyl (C=O) groups excluding carboxylic acids is 1.